The molecule has 0 aliphatic carbocycles. The van der Waals surface area contributed by atoms with Gasteiger partial charge in [0, 0.05) is 30.3 Å². The van der Waals surface area contributed by atoms with Crippen molar-refractivity contribution in [1.29, 1.82) is 0 Å². The van der Waals surface area contributed by atoms with E-state index in [2.05, 4.69) is 15.5 Å². The molecule has 27 heavy (non-hydrogen) atoms. The Labute approximate surface area is 161 Å². The third-order valence-electron chi connectivity index (χ3n) is 4.68. The number of methoxy groups -OCH3 is 1. The van der Waals surface area contributed by atoms with Gasteiger partial charge in [0.25, 0.3) is 12.3 Å². The fourth-order valence-corrected chi connectivity index (χ4v) is 3.39. The first-order valence-electron chi connectivity index (χ1n) is 8.38. The molecule has 8 heteroatoms. The lowest BCUT2D eigenvalue weighted by atomic mass is 10.1. The van der Waals surface area contributed by atoms with Gasteiger partial charge in [0.2, 0.25) is 0 Å². The maximum Gasteiger partial charge on any atom is 0.265 e. The Kier molecular flexibility index (Phi) is 5.41. The molecular weight excluding hydrogens is 376 g/mol. The van der Waals surface area contributed by atoms with Crippen LogP contribution in [0, 0.1) is 0 Å². The number of amides is 1. The number of nitrogens with zero attached hydrogens (tertiary/aromatic N) is 1. The van der Waals surface area contributed by atoms with Crippen molar-refractivity contribution in [2.75, 3.05) is 24.4 Å². The number of fused-ring (bicyclic) bond motifs is 1. The number of carbonyl (C=O) groups excluding carboxylic acids is 1. The van der Waals surface area contributed by atoms with Crippen LogP contribution in [0.25, 0.3) is 0 Å². The first kappa shape index (κ1) is 19.2. The summed E-state index contributed by atoms with van der Waals surface area (Å²) in [7, 11) is 3.53. The predicted molar refractivity (Wildman–Crippen MR) is 102 cm³/mol. The van der Waals surface area contributed by atoms with E-state index in [1.165, 1.54) is 18.2 Å². The standard InChI is InChI=1S/C19H20ClF2N3O2/c1-10-24-15-6-7-16(27-3)13(17(15)25(10)2)9-23-19(26)11-4-5-12(18(21)22)14(20)8-11/h4-8,10,18,24H,9H2,1-3H3,(H,23,26). The van der Waals surface area contributed by atoms with Crippen molar-refractivity contribution in [2.45, 2.75) is 26.1 Å². The fourth-order valence-electron chi connectivity index (χ4n) is 3.13. The quantitative estimate of drug-likeness (QED) is 0.786. The number of nitrogens with one attached hydrogen (secondary N) is 2. The second kappa shape index (κ2) is 7.60. The number of hydrogen-bond donors (Lipinski definition) is 2. The molecule has 3 rings (SSSR count). The van der Waals surface area contributed by atoms with Crippen LogP contribution >= 0.6 is 11.6 Å². The van der Waals surface area contributed by atoms with Gasteiger partial charge in [-0.1, -0.05) is 17.7 Å². The number of anilines is 2. The summed E-state index contributed by atoms with van der Waals surface area (Å²) in [5.41, 5.74) is 2.67. The Morgan fingerprint density at radius 1 is 1.37 bits per heavy atom. The number of rotatable bonds is 5. The summed E-state index contributed by atoms with van der Waals surface area (Å²) in [6.07, 6.45) is -2.57. The highest BCUT2D eigenvalue weighted by Gasteiger charge is 2.27. The van der Waals surface area contributed by atoms with Crippen molar-refractivity contribution in [3.63, 3.8) is 0 Å². The zero-order valence-corrected chi connectivity index (χ0v) is 15.9. The lowest BCUT2D eigenvalue weighted by molar-refractivity contribution is 0.0950. The molecule has 1 unspecified atom stereocenters. The lowest BCUT2D eigenvalue weighted by Gasteiger charge is -2.21. The van der Waals surface area contributed by atoms with E-state index < -0.39 is 12.3 Å². The molecule has 1 heterocycles. The highest BCUT2D eigenvalue weighted by Crippen LogP contribution is 2.41. The smallest absolute Gasteiger partial charge is 0.265 e. The highest BCUT2D eigenvalue weighted by molar-refractivity contribution is 6.31. The molecular formula is C19H20ClF2N3O2. The first-order valence-corrected chi connectivity index (χ1v) is 8.76. The first-order chi connectivity index (χ1) is 12.8. The van der Waals surface area contributed by atoms with Crippen molar-refractivity contribution in [1.82, 2.24) is 5.32 Å². The summed E-state index contributed by atoms with van der Waals surface area (Å²) < 4.78 is 31.0. The molecule has 0 spiro atoms. The third-order valence-corrected chi connectivity index (χ3v) is 5.01. The third kappa shape index (κ3) is 3.64. The van der Waals surface area contributed by atoms with Gasteiger partial charge in [-0.3, -0.25) is 4.79 Å². The molecule has 2 N–H and O–H groups in total. The molecule has 0 bridgehead atoms. The minimum absolute atomic E-state index is 0.113. The fraction of sp³-hybridized carbons (Fsp3) is 0.316. The van der Waals surface area contributed by atoms with E-state index in [9.17, 15) is 13.6 Å². The number of ether oxygens (including phenoxy) is 1. The Balaban J connectivity index is 1.82. The summed E-state index contributed by atoms with van der Waals surface area (Å²) in [5, 5.41) is 6.03. The van der Waals surface area contributed by atoms with Gasteiger partial charge in [0.05, 0.1) is 29.7 Å². The van der Waals surface area contributed by atoms with Crippen LogP contribution in [0.3, 0.4) is 0 Å². The van der Waals surface area contributed by atoms with Gasteiger partial charge in [0.15, 0.2) is 0 Å². The second-order valence-corrected chi connectivity index (χ2v) is 6.70. The average molecular weight is 396 g/mol. The average Bonchev–Trinajstić information content (AvgIpc) is 2.93. The molecule has 5 nitrogen and oxygen atoms in total. The summed E-state index contributed by atoms with van der Waals surface area (Å²) in [5.74, 6) is 0.252. The SMILES string of the molecule is COc1ccc2c(c1CNC(=O)c1ccc(C(F)F)c(Cl)c1)N(C)C(C)N2. The molecule has 1 amide bonds. The normalized spacial score (nSPS) is 15.5. The molecule has 144 valence electrons. The van der Waals surface area contributed by atoms with Gasteiger partial charge in [0.1, 0.15) is 5.75 Å². The summed E-state index contributed by atoms with van der Waals surface area (Å²) in [6, 6.07) is 7.53. The maximum absolute atomic E-state index is 12.8. The Bertz CT molecular complexity index is 876. The number of alkyl halides is 2. The van der Waals surface area contributed by atoms with Crippen LogP contribution in [0.15, 0.2) is 30.3 Å². The summed E-state index contributed by atoms with van der Waals surface area (Å²) >= 11 is 5.85. The monoisotopic (exact) mass is 395 g/mol. The van der Waals surface area contributed by atoms with E-state index in [1.54, 1.807) is 7.11 Å². The molecule has 0 aromatic heterocycles. The largest absolute Gasteiger partial charge is 0.496 e. The van der Waals surface area contributed by atoms with Gasteiger partial charge in [-0.25, -0.2) is 8.78 Å². The van der Waals surface area contributed by atoms with Crippen LogP contribution < -0.4 is 20.3 Å². The molecule has 1 aliphatic rings. The maximum atomic E-state index is 12.8. The molecule has 0 saturated heterocycles. The van der Waals surface area contributed by atoms with E-state index in [-0.39, 0.29) is 28.9 Å². The van der Waals surface area contributed by atoms with E-state index in [0.717, 1.165) is 16.9 Å². The Morgan fingerprint density at radius 3 is 2.74 bits per heavy atom. The highest BCUT2D eigenvalue weighted by atomic mass is 35.5. The second-order valence-electron chi connectivity index (χ2n) is 6.29. The van der Waals surface area contributed by atoms with Gasteiger partial charge >= 0.3 is 0 Å². The van der Waals surface area contributed by atoms with E-state index >= 15 is 0 Å². The molecule has 1 aliphatic heterocycles. The zero-order valence-electron chi connectivity index (χ0n) is 15.1. The van der Waals surface area contributed by atoms with Gasteiger partial charge < -0.3 is 20.3 Å². The van der Waals surface area contributed by atoms with Crippen molar-refractivity contribution >= 4 is 28.9 Å². The van der Waals surface area contributed by atoms with E-state index in [1.807, 2.05) is 26.1 Å². The van der Waals surface area contributed by atoms with Crippen LogP contribution in [0.4, 0.5) is 20.2 Å². The van der Waals surface area contributed by atoms with E-state index in [0.29, 0.717) is 5.75 Å². The van der Waals surface area contributed by atoms with E-state index in [4.69, 9.17) is 16.3 Å². The van der Waals surface area contributed by atoms with Gasteiger partial charge in [-0.2, -0.15) is 0 Å². The molecule has 0 saturated carbocycles. The van der Waals surface area contributed by atoms with Crippen molar-refractivity contribution in [3.8, 4) is 5.75 Å². The lowest BCUT2D eigenvalue weighted by Crippen LogP contribution is -2.30. The number of halogens is 3. The molecule has 0 fully saturated rings. The molecule has 1 atom stereocenters. The van der Waals surface area contributed by atoms with Crippen LogP contribution in [0.1, 0.15) is 34.8 Å². The predicted octanol–water partition coefficient (Wildman–Crippen LogP) is 4.42. The van der Waals surface area contributed by atoms with Crippen LogP contribution in [-0.4, -0.2) is 26.2 Å². The van der Waals surface area contributed by atoms with Gasteiger partial charge in [-0.15, -0.1) is 0 Å². The van der Waals surface area contributed by atoms with Crippen LogP contribution in [0.2, 0.25) is 5.02 Å². The van der Waals surface area contributed by atoms with Gasteiger partial charge in [-0.05, 0) is 31.2 Å². The number of carbonyl (C=O) groups is 1. The molecule has 0 radical (unpaired) electrons. The summed E-state index contributed by atoms with van der Waals surface area (Å²) in [4.78, 5) is 14.5. The number of benzene rings is 2. The minimum atomic E-state index is -2.68. The van der Waals surface area contributed by atoms with Crippen LogP contribution in [-0.2, 0) is 6.54 Å². The molecule has 2 aromatic carbocycles. The van der Waals surface area contributed by atoms with Crippen molar-refractivity contribution in [2.24, 2.45) is 0 Å². The Morgan fingerprint density at radius 2 is 2.11 bits per heavy atom. The zero-order chi connectivity index (χ0) is 19.7. The van der Waals surface area contributed by atoms with Crippen molar-refractivity contribution in [3.05, 3.63) is 52.0 Å². The van der Waals surface area contributed by atoms with Crippen LogP contribution in [0.5, 0.6) is 5.75 Å². The topological polar surface area (TPSA) is 53.6 Å². The minimum Gasteiger partial charge on any atom is -0.496 e. The number of hydrogen-bond acceptors (Lipinski definition) is 4. The molecule has 2 aromatic rings. The van der Waals surface area contributed by atoms with Crippen molar-refractivity contribution < 1.29 is 18.3 Å². The Hall–Kier alpha value is -2.54. The summed E-state index contributed by atoms with van der Waals surface area (Å²) in [6.45, 7) is 2.25.